The molecule has 20 heavy (non-hydrogen) atoms. The van der Waals surface area contributed by atoms with Crippen LogP contribution in [-0.4, -0.2) is 6.54 Å². The summed E-state index contributed by atoms with van der Waals surface area (Å²) in [5.74, 6) is -0.174. The highest BCUT2D eigenvalue weighted by atomic mass is 32.1. The third-order valence-corrected chi connectivity index (χ3v) is 5.56. The van der Waals surface area contributed by atoms with E-state index in [0.29, 0.717) is 0 Å². The lowest BCUT2D eigenvalue weighted by atomic mass is 10.00. The van der Waals surface area contributed by atoms with Crippen LogP contribution in [0, 0.1) is 12.7 Å². The van der Waals surface area contributed by atoms with Gasteiger partial charge in [-0.3, -0.25) is 0 Å². The molecule has 0 bridgehead atoms. The summed E-state index contributed by atoms with van der Waals surface area (Å²) >= 11 is 3.54. The van der Waals surface area contributed by atoms with E-state index < -0.39 is 0 Å². The summed E-state index contributed by atoms with van der Waals surface area (Å²) in [6.45, 7) is 4.97. The molecule has 0 fully saturated rings. The van der Waals surface area contributed by atoms with Crippen LogP contribution in [0.15, 0.2) is 35.7 Å². The maximum absolute atomic E-state index is 13.6. The van der Waals surface area contributed by atoms with E-state index in [4.69, 9.17) is 0 Å². The zero-order chi connectivity index (χ0) is 14.1. The van der Waals surface area contributed by atoms with Gasteiger partial charge in [0.05, 0.1) is 6.04 Å². The molecular formula is C16H16FNS2. The molecule has 2 heterocycles. The van der Waals surface area contributed by atoms with Gasteiger partial charge in [0.15, 0.2) is 0 Å². The Balaban J connectivity index is 2.08. The predicted molar refractivity (Wildman–Crippen MR) is 86.4 cm³/mol. The second kappa shape index (κ2) is 5.64. The van der Waals surface area contributed by atoms with Crippen molar-refractivity contribution < 1.29 is 4.39 Å². The first-order valence-electron chi connectivity index (χ1n) is 6.65. The monoisotopic (exact) mass is 305 g/mol. The van der Waals surface area contributed by atoms with Crippen LogP contribution in [0.5, 0.6) is 0 Å². The first kappa shape index (κ1) is 13.7. The highest BCUT2D eigenvalue weighted by Crippen LogP contribution is 2.36. The van der Waals surface area contributed by atoms with Gasteiger partial charge >= 0.3 is 0 Å². The van der Waals surface area contributed by atoms with E-state index in [9.17, 15) is 4.39 Å². The molecule has 1 aromatic carbocycles. The Bertz CT molecular complexity index is 700. The van der Waals surface area contributed by atoms with E-state index in [1.165, 1.54) is 20.3 Å². The molecule has 3 rings (SSSR count). The number of rotatable bonds is 4. The first-order valence-corrected chi connectivity index (χ1v) is 8.35. The maximum Gasteiger partial charge on any atom is 0.123 e. The van der Waals surface area contributed by atoms with Gasteiger partial charge in [0.2, 0.25) is 0 Å². The van der Waals surface area contributed by atoms with Crippen molar-refractivity contribution in [2.45, 2.75) is 19.9 Å². The SMILES string of the molecule is CCNC(c1cc2sccc2s1)c1cc(F)ccc1C. The average Bonchev–Trinajstić information content (AvgIpc) is 3.00. The molecule has 104 valence electrons. The molecule has 0 saturated heterocycles. The number of benzene rings is 1. The van der Waals surface area contributed by atoms with E-state index >= 15 is 0 Å². The highest BCUT2D eigenvalue weighted by molar-refractivity contribution is 7.27. The normalized spacial score (nSPS) is 12.9. The van der Waals surface area contributed by atoms with Gasteiger partial charge in [-0.2, -0.15) is 0 Å². The molecule has 1 unspecified atom stereocenters. The molecular weight excluding hydrogens is 289 g/mol. The molecule has 4 heteroatoms. The number of hydrogen-bond acceptors (Lipinski definition) is 3. The Labute approximate surface area is 126 Å². The van der Waals surface area contributed by atoms with Gasteiger partial charge < -0.3 is 5.32 Å². The second-order valence-electron chi connectivity index (χ2n) is 4.79. The van der Waals surface area contributed by atoms with Crippen molar-refractivity contribution in [2.75, 3.05) is 6.54 Å². The summed E-state index contributed by atoms with van der Waals surface area (Å²) in [7, 11) is 0. The molecule has 1 atom stereocenters. The van der Waals surface area contributed by atoms with Crippen molar-refractivity contribution in [1.29, 1.82) is 0 Å². The molecule has 0 radical (unpaired) electrons. The summed E-state index contributed by atoms with van der Waals surface area (Å²) in [4.78, 5) is 1.25. The number of halogens is 1. The minimum atomic E-state index is -0.174. The minimum absolute atomic E-state index is 0.0697. The number of hydrogen-bond donors (Lipinski definition) is 1. The second-order valence-corrected chi connectivity index (χ2v) is 6.85. The molecule has 0 amide bonds. The van der Waals surface area contributed by atoms with Crippen LogP contribution in [-0.2, 0) is 0 Å². The van der Waals surface area contributed by atoms with Crippen molar-refractivity contribution in [3.63, 3.8) is 0 Å². The van der Waals surface area contributed by atoms with Crippen molar-refractivity contribution in [1.82, 2.24) is 5.32 Å². The van der Waals surface area contributed by atoms with E-state index in [0.717, 1.165) is 17.7 Å². The van der Waals surface area contributed by atoms with Crippen molar-refractivity contribution in [2.24, 2.45) is 0 Å². The van der Waals surface area contributed by atoms with E-state index in [1.807, 2.05) is 13.0 Å². The lowest BCUT2D eigenvalue weighted by molar-refractivity contribution is 0.604. The lowest BCUT2D eigenvalue weighted by Gasteiger charge is -2.19. The fraction of sp³-hybridized carbons (Fsp3) is 0.250. The third-order valence-electron chi connectivity index (χ3n) is 3.40. The molecule has 1 N–H and O–H groups in total. The molecule has 0 aliphatic heterocycles. The molecule has 0 spiro atoms. The number of aryl methyl sites for hydroxylation is 1. The Morgan fingerprint density at radius 2 is 2.05 bits per heavy atom. The van der Waals surface area contributed by atoms with Gasteiger partial charge in [-0.15, -0.1) is 22.7 Å². The van der Waals surface area contributed by atoms with Crippen LogP contribution in [0.4, 0.5) is 4.39 Å². The van der Waals surface area contributed by atoms with Crippen LogP contribution in [0.3, 0.4) is 0 Å². The number of thiophene rings is 2. The largest absolute Gasteiger partial charge is 0.306 e. The summed E-state index contributed by atoms with van der Waals surface area (Å²) in [6, 6.07) is 9.47. The van der Waals surface area contributed by atoms with Crippen molar-refractivity contribution >= 4 is 32.1 Å². The quantitative estimate of drug-likeness (QED) is 0.706. The fourth-order valence-electron chi connectivity index (χ4n) is 2.42. The maximum atomic E-state index is 13.6. The van der Waals surface area contributed by atoms with Crippen LogP contribution in [0.1, 0.15) is 29.0 Å². The Morgan fingerprint density at radius 1 is 1.20 bits per heavy atom. The van der Waals surface area contributed by atoms with E-state index in [2.05, 4.69) is 29.8 Å². The van der Waals surface area contributed by atoms with Gasteiger partial charge in [-0.1, -0.05) is 13.0 Å². The van der Waals surface area contributed by atoms with Gasteiger partial charge in [0, 0.05) is 14.3 Å². The first-order chi connectivity index (χ1) is 9.69. The molecule has 0 saturated carbocycles. The molecule has 0 aliphatic carbocycles. The minimum Gasteiger partial charge on any atom is -0.306 e. The van der Waals surface area contributed by atoms with Gasteiger partial charge in [-0.25, -0.2) is 4.39 Å². The summed E-state index contributed by atoms with van der Waals surface area (Å²) in [5.41, 5.74) is 2.15. The van der Waals surface area contributed by atoms with Crippen LogP contribution in [0.2, 0.25) is 0 Å². The smallest absolute Gasteiger partial charge is 0.123 e. The standard InChI is InChI=1S/C16H16FNS2/c1-3-18-16(12-8-11(17)5-4-10(12)2)15-9-14-13(20-15)6-7-19-14/h4-9,16,18H,3H2,1-2H3. The van der Waals surface area contributed by atoms with Crippen LogP contribution in [0.25, 0.3) is 9.40 Å². The topological polar surface area (TPSA) is 12.0 Å². The fourth-order valence-corrected chi connectivity index (χ4v) is 4.63. The van der Waals surface area contributed by atoms with E-state index in [1.54, 1.807) is 28.7 Å². The Hall–Kier alpha value is -1.23. The highest BCUT2D eigenvalue weighted by Gasteiger charge is 2.18. The van der Waals surface area contributed by atoms with Gasteiger partial charge in [0.1, 0.15) is 5.82 Å². The Morgan fingerprint density at radius 3 is 2.80 bits per heavy atom. The average molecular weight is 305 g/mol. The van der Waals surface area contributed by atoms with Crippen LogP contribution < -0.4 is 5.32 Å². The molecule has 2 aromatic heterocycles. The lowest BCUT2D eigenvalue weighted by Crippen LogP contribution is -2.22. The zero-order valence-corrected chi connectivity index (χ0v) is 13.1. The van der Waals surface area contributed by atoms with Gasteiger partial charge in [-0.05, 0) is 54.2 Å². The third kappa shape index (κ3) is 2.51. The zero-order valence-electron chi connectivity index (χ0n) is 11.4. The van der Waals surface area contributed by atoms with Crippen molar-refractivity contribution in [3.05, 3.63) is 57.5 Å². The van der Waals surface area contributed by atoms with E-state index in [-0.39, 0.29) is 11.9 Å². The molecule has 0 aliphatic rings. The molecule has 1 nitrogen and oxygen atoms in total. The summed E-state index contributed by atoms with van der Waals surface area (Å²) in [6.07, 6.45) is 0. The summed E-state index contributed by atoms with van der Waals surface area (Å²) < 4.78 is 16.2. The number of nitrogens with one attached hydrogen (secondary N) is 1. The predicted octanol–water partition coefficient (Wildman–Crippen LogP) is 5.11. The summed E-state index contributed by atoms with van der Waals surface area (Å²) in [5, 5.41) is 5.59. The van der Waals surface area contributed by atoms with Gasteiger partial charge in [0.25, 0.3) is 0 Å². The van der Waals surface area contributed by atoms with Crippen LogP contribution >= 0.6 is 22.7 Å². The van der Waals surface area contributed by atoms with Crippen molar-refractivity contribution in [3.8, 4) is 0 Å². The Kier molecular flexibility index (Phi) is 3.87. The molecule has 3 aromatic rings. The number of fused-ring (bicyclic) bond motifs is 1.